The van der Waals surface area contributed by atoms with Crippen molar-refractivity contribution in [2.75, 3.05) is 6.26 Å². The van der Waals surface area contributed by atoms with E-state index in [4.69, 9.17) is 0 Å². The summed E-state index contributed by atoms with van der Waals surface area (Å²) in [5.41, 5.74) is -0.174. The lowest BCUT2D eigenvalue weighted by molar-refractivity contribution is -0.387. The average molecular weight is 235 g/mol. The summed E-state index contributed by atoms with van der Waals surface area (Å²) in [6.07, 6.45) is 0.612. The minimum atomic E-state index is -1.39. The lowest BCUT2D eigenvalue weighted by atomic mass is 10.3. The first-order chi connectivity index (χ1) is 6.43. The van der Waals surface area contributed by atoms with Crippen LogP contribution < -0.4 is 0 Å². The largest absolute Gasteiger partial charge is 0.388 e. The Hall–Kier alpha value is -0.790. The summed E-state index contributed by atoms with van der Waals surface area (Å²) >= 11 is 1.01. The minimum absolute atomic E-state index is 0.174. The van der Waals surface area contributed by atoms with Gasteiger partial charge >= 0.3 is 0 Å². The van der Waals surface area contributed by atoms with Gasteiger partial charge in [-0.15, -0.1) is 11.3 Å². The lowest BCUT2D eigenvalue weighted by Gasteiger charge is -1.95. The molecule has 1 aromatic heterocycles. The van der Waals surface area contributed by atoms with Gasteiger partial charge in [0.05, 0.1) is 21.8 Å². The van der Waals surface area contributed by atoms with Crippen LogP contribution in [-0.2, 0) is 10.8 Å². The predicted molar refractivity (Wildman–Crippen MR) is 53.9 cm³/mol. The second-order valence-electron chi connectivity index (χ2n) is 2.71. The standard InChI is InChI=1S/C7H9NO4S2/c1-4(9)6-3-5(8(10)11)7(13-6)14(2)12/h3-4,9H,1-2H3. The maximum Gasteiger partial charge on any atom is 0.296 e. The third-order valence-corrected chi connectivity index (χ3v) is 4.34. The molecule has 7 heteroatoms. The van der Waals surface area contributed by atoms with Crippen LogP contribution in [0.1, 0.15) is 17.9 Å². The molecule has 1 aromatic rings. The maximum atomic E-state index is 11.1. The summed E-state index contributed by atoms with van der Waals surface area (Å²) in [6, 6.07) is 1.27. The van der Waals surface area contributed by atoms with E-state index in [9.17, 15) is 19.4 Å². The Morgan fingerprint density at radius 2 is 2.29 bits per heavy atom. The normalized spacial score (nSPS) is 15.1. The molecule has 0 bridgehead atoms. The summed E-state index contributed by atoms with van der Waals surface area (Å²) < 4.78 is 11.3. The van der Waals surface area contributed by atoms with Crippen LogP contribution in [0.2, 0.25) is 0 Å². The van der Waals surface area contributed by atoms with Gasteiger partial charge in [-0.05, 0) is 6.92 Å². The number of thiophene rings is 1. The second kappa shape index (κ2) is 4.16. The first-order valence-corrected chi connectivity index (χ1v) is 6.10. The molecule has 2 unspecified atom stereocenters. The van der Waals surface area contributed by atoms with Crippen LogP contribution in [0.3, 0.4) is 0 Å². The number of aliphatic hydroxyl groups is 1. The van der Waals surface area contributed by atoms with Crippen molar-refractivity contribution in [3.8, 4) is 0 Å². The second-order valence-corrected chi connectivity index (χ2v) is 5.37. The van der Waals surface area contributed by atoms with Crippen molar-refractivity contribution in [3.63, 3.8) is 0 Å². The molecule has 14 heavy (non-hydrogen) atoms. The molecule has 1 rings (SSSR count). The number of hydrogen-bond donors (Lipinski definition) is 1. The van der Waals surface area contributed by atoms with Crippen molar-refractivity contribution in [2.45, 2.75) is 17.2 Å². The fourth-order valence-electron chi connectivity index (χ4n) is 0.922. The van der Waals surface area contributed by atoms with E-state index in [2.05, 4.69) is 0 Å². The molecule has 0 radical (unpaired) electrons. The molecular formula is C7H9NO4S2. The van der Waals surface area contributed by atoms with Crippen molar-refractivity contribution in [1.29, 1.82) is 0 Å². The fourth-order valence-corrected chi connectivity index (χ4v) is 2.90. The van der Waals surface area contributed by atoms with Crippen LogP contribution in [0, 0.1) is 10.1 Å². The quantitative estimate of drug-likeness (QED) is 0.635. The molecule has 2 atom stereocenters. The van der Waals surface area contributed by atoms with Gasteiger partial charge < -0.3 is 5.11 Å². The molecule has 0 aliphatic rings. The van der Waals surface area contributed by atoms with Crippen LogP contribution >= 0.6 is 11.3 Å². The molecule has 0 spiro atoms. The van der Waals surface area contributed by atoms with Gasteiger partial charge in [0.2, 0.25) is 0 Å². The predicted octanol–water partition coefficient (Wildman–Crippen LogP) is 1.45. The van der Waals surface area contributed by atoms with E-state index in [1.807, 2.05) is 0 Å². The average Bonchev–Trinajstić information content (AvgIpc) is 2.47. The number of hydrogen-bond acceptors (Lipinski definition) is 5. The number of rotatable bonds is 3. The molecule has 5 nitrogen and oxygen atoms in total. The van der Waals surface area contributed by atoms with E-state index < -0.39 is 21.8 Å². The van der Waals surface area contributed by atoms with E-state index in [1.54, 1.807) is 0 Å². The highest BCUT2D eigenvalue weighted by atomic mass is 32.2. The summed E-state index contributed by atoms with van der Waals surface area (Å²) in [5.74, 6) is 0. The van der Waals surface area contributed by atoms with E-state index in [0.29, 0.717) is 4.88 Å². The summed E-state index contributed by atoms with van der Waals surface area (Å²) in [5, 5.41) is 19.8. The molecule has 0 amide bonds. The highest BCUT2D eigenvalue weighted by molar-refractivity contribution is 7.86. The van der Waals surface area contributed by atoms with Crippen molar-refractivity contribution >= 4 is 27.8 Å². The van der Waals surface area contributed by atoms with E-state index in [-0.39, 0.29) is 9.90 Å². The van der Waals surface area contributed by atoms with E-state index >= 15 is 0 Å². The lowest BCUT2D eigenvalue weighted by Crippen LogP contribution is -1.91. The van der Waals surface area contributed by atoms with Gasteiger partial charge in [0, 0.05) is 17.2 Å². The molecule has 0 aliphatic heterocycles. The zero-order chi connectivity index (χ0) is 10.9. The Balaban J connectivity index is 3.26. The topological polar surface area (TPSA) is 80.4 Å². The van der Waals surface area contributed by atoms with Crippen LogP contribution in [0.5, 0.6) is 0 Å². The highest BCUT2D eigenvalue weighted by Gasteiger charge is 2.23. The number of nitrogens with zero attached hydrogens (tertiary/aromatic N) is 1. The summed E-state index contributed by atoms with van der Waals surface area (Å²) in [6.45, 7) is 1.51. The van der Waals surface area contributed by atoms with Crippen molar-refractivity contribution in [1.82, 2.24) is 0 Å². The molecule has 0 aromatic carbocycles. The van der Waals surface area contributed by atoms with Gasteiger partial charge in [-0.25, -0.2) is 0 Å². The van der Waals surface area contributed by atoms with Gasteiger partial charge in [0.15, 0.2) is 4.21 Å². The summed E-state index contributed by atoms with van der Waals surface area (Å²) in [7, 11) is -1.39. The Kier molecular flexibility index (Phi) is 3.35. The van der Waals surface area contributed by atoms with Gasteiger partial charge in [0.25, 0.3) is 5.69 Å². The first kappa shape index (κ1) is 11.3. The van der Waals surface area contributed by atoms with Crippen molar-refractivity contribution in [2.24, 2.45) is 0 Å². The van der Waals surface area contributed by atoms with Gasteiger partial charge in [-0.1, -0.05) is 0 Å². The molecule has 0 saturated heterocycles. The van der Waals surface area contributed by atoms with E-state index in [0.717, 1.165) is 11.3 Å². The third kappa shape index (κ3) is 2.17. The molecule has 0 fully saturated rings. The van der Waals surface area contributed by atoms with Crippen LogP contribution in [0.25, 0.3) is 0 Å². The van der Waals surface area contributed by atoms with Crippen LogP contribution in [0.4, 0.5) is 5.69 Å². The molecule has 0 aliphatic carbocycles. The zero-order valence-corrected chi connectivity index (χ0v) is 9.22. The third-order valence-electron chi connectivity index (χ3n) is 1.57. The van der Waals surface area contributed by atoms with Gasteiger partial charge in [-0.2, -0.15) is 0 Å². The minimum Gasteiger partial charge on any atom is -0.388 e. The summed E-state index contributed by atoms with van der Waals surface area (Å²) in [4.78, 5) is 10.4. The van der Waals surface area contributed by atoms with Crippen molar-refractivity contribution < 1.29 is 14.2 Å². The molecule has 1 heterocycles. The fraction of sp³-hybridized carbons (Fsp3) is 0.429. The van der Waals surface area contributed by atoms with Crippen molar-refractivity contribution in [3.05, 3.63) is 21.1 Å². The Morgan fingerprint density at radius 3 is 2.57 bits per heavy atom. The van der Waals surface area contributed by atoms with Crippen LogP contribution in [-0.4, -0.2) is 20.5 Å². The number of aliphatic hydroxyl groups excluding tert-OH is 1. The zero-order valence-electron chi connectivity index (χ0n) is 7.59. The molecule has 1 N–H and O–H groups in total. The van der Waals surface area contributed by atoms with Gasteiger partial charge in [-0.3, -0.25) is 14.3 Å². The maximum absolute atomic E-state index is 11.1. The van der Waals surface area contributed by atoms with Crippen LogP contribution in [0.15, 0.2) is 10.3 Å². The SMILES string of the molecule is CC(O)c1cc([N+](=O)[O-])c(S(C)=O)s1. The van der Waals surface area contributed by atoms with E-state index in [1.165, 1.54) is 19.2 Å². The Labute approximate surface area is 87.0 Å². The van der Waals surface area contributed by atoms with Gasteiger partial charge in [0.1, 0.15) is 0 Å². The smallest absolute Gasteiger partial charge is 0.296 e. The first-order valence-electron chi connectivity index (χ1n) is 3.73. The monoisotopic (exact) mass is 235 g/mol. The highest BCUT2D eigenvalue weighted by Crippen LogP contribution is 2.34. The molecular weight excluding hydrogens is 226 g/mol. The molecule has 0 saturated carbocycles. The Bertz CT molecular complexity index is 354. The Morgan fingerprint density at radius 1 is 1.71 bits per heavy atom. The molecule has 78 valence electrons. The number of nitro groups is 1.